The molecule has 0 rings (SSSR count). The summed E-state index contributed by atoms with van der Waals surface area (Å²) in [6.45, 7) is 4.06. The molecule has 0 heterocycles. The number of carbonyl (C=O) groups is 1. The van der Waals surface area contributed by atoms with Crippen LogP contribution in [0.3, 0.4) is 0 Å². The van der Waals surface area contributed by atoms with Crippen LogP contribution in [0, 0.1) is 0 Å². The van der Waals surface area contributed by atoms with Crippen molar-refractivity contribution in [1.29, 1.82) is 0 Å². The Bertz CT molecular complexity index is 955. The van der Waals surface area contributed by atoms with Gasteiger partial charge in [0, 0.05) is 0 Å². The lowest BCUT2D eigenvalue weighted by Crippen LogP contribution is -2.53. The fraction of sp³-hybridized carbons (Fsp3) is 0.912. The zero-order chi connectivity index (χ0) is 45.9. The smallest absolute Gasteiger partial charge is 0.249 e. The first-order valence-corrected chi connectivity index (χ1v) is 28.2. The van der Waals surface area contributed by atoms with Crippen LogP contribution in [0.25, 0.3) is 0 Å². The van der Waals surface area contributed by atoms with Gasteiger partial charge in [-0.3, -0.25) is 4.79 Å². The number of aliphatic hydroxyl groups is 4. The molecule has 0 aliphatic carbocycles. The largest absolute Gasteiger partial charge is 0.394 e. The van der Waals surface area contributed by atoms with Crippen molar-refractivity contribution in [2.75, 3.05) is 6.61 Å². The highest BCUT2D eigenvalue weighted by Gasteiger charge is 2.28. The molecule has 5 N–H and O–H groups in total. The molecule has 0 saturated carbocycles. The Kier molecular flexibility index (Phi) is 50.8. The Morgan fingerprint density at radius 3 is 1.00 bits per heavy atom. The second-order valence-corrected chi connectivity index (χ2v) is 19.6. The van der Waals surface area contributed by atoms with Crippen molar-refractivity contribution in [2.45, 2.75) is 327 Å². The van der Waals surface area contributed by atoms with Gasteiger partial charge in [-0.2, -0.15) is 0 Å². The molecule has 0 bridgehead atoms. The van der Waals surface area contributed by atoms with Gasteiger partial charge in [0.2, 0.25) is 5.91 Å². The van der Waals surface area contributed by atoms with Crippen LogP contribution in [0.1, 0.15) is 303 Å². The maximum Gasteiger partial charge on any atom is 0.249 e. The van der Waals surface area contributed by atoms with Crippen LogP contribution in [-0.4, -0.2) is 57.3 Å². The van der Waals surface area contributed by atoms with E-state index >= 15 is 0 Å². The molecular weight excluding hydrogens is 779 g/mol. The lowest BCUT2D eigenvalue weighted by molar-refractivity contribution is -0.132. The van der Waals surface area contributed by atoms with Gasteiger partial charge < -0.3 is 25.7 Å². The highest BCUT2D eigenvalue weighted by Crippen LogP contribution is 2.18. The van der Waals surface area contributed by atoms with Gasteiger partial charge in [-0.05, 0) is 51.4 Å². The highest BCUT2D eigenvalue weighted by molar-refractivity contribution is 5.80. The van der Waals surface area contributed by atoms with Gasteiger partial charge in [0.1, 0.15) is 12.2 Å². The van der Waals surface area contributed by atoms with Crippen LogP contribution in [0.2, 0.25) is 0 Å². The molecular formula is C57H111NO5. The molecule has 0 saturated heterocycles. The summed E-state index contributed by atoms with van der Waals surface area (Å²) >= 11 is 0. The first-order valence-electron chi connectivity index (χ1n) is 28.2. The number of hydrogen-bond acceptors (Lipinski definition) is 5. The van der Waals surface area contributed by atoms with Crippen molar-refractivity contribution in [3.05, 3.63) is 24.3 Å². The summed E-state index contributed by atoms with van der Waals surface area (Å²) in [6, 6.07) is -1.01. The highest BCUT2D eigenvalue weighted by atomic mass is 16.3. The fourth-order valence-corrected chi connectivity index (χ4v) is 8.95. The van der Waals surface area contributed by atoms with Crippen molar-refractivity contribution in [2.24, 2.45) is 0 Å². The molecule has 0 radical (unpaired) electrons. The van der Waals surface area contributed by atoms with Gasteiger partial charge in [0.15, 0.2) is 0 Å². The van der Waals surface area contributed by atoms with Crippen molar-refractivity contribution in [3.8, 4) is 0 Å². The van der Waals surface area contributed by atoms with Gasteiger partial charge in [0.05, 0.1) is 18.8 Å². The van der Waals surface area contributed by atoms with E-state index in [2.05, 4.69) is 43.5 Å². The molecule has 0 aliphatic heterocycles. The number of nitrogens with one attached hydrogen (secondary N) is 1. The molecule has 4 atom stereocenters. The summed E-state index contributed by atoms with van der Waals surface area (Å²) in [7, 11) is 0. The molecule has 4 unspecified atom stereocenters. The molecule has 0 aromatic carbocycles. The quantitative estimate of drug-likeness (QED) is 0.0309. The number of unbranched alkanes of at least 4 members (excludes halogenated alkanes) is 39. The molecule has 374 valence electrons. The van der Waals surface area contributed by atoms with E-state index in [-0.39, 0.29) is 0 Å². The second kappa shape index (κ2) is 51.8. The second-order valence-electron chi connectivity index (χ2n) is 19.6. The van der Waals surface area contributed by atoms with Crippen LogP contribution in [0.4, 0.5) is 0 Å². The van der Waals surface area contributed by atoms with Crippen LogP contribution in [-0.2, 0) is 4.79 Å². The topological polar surface area (TPSA) is 110 Å². The summed E-state index contributed by atoms with van der Waals surface area (Å²) in [5.41, 5.74) is 0. The number of rotatable bonds is 52. The van der Waals surface area contributed by atoms with Crippen LogP contribution < -0.4 is 5.32 Å². The van der Waals surface area contributed by atoms with Crippen molar-refractivity contribution in [3.63, 3.8) is 0 Å². The predicted octanol–water partition coefficient (Wildman–Crippen LogP) is 16.3. The monoisotopic (exact) mass is 890 g/mol. The zero-order valence-corrected chi connectivity index (χ0v) is 42.3. The number of carbonyl (C=O) groups excluding carboxylic acids is 1. The zero-order valence-electron chi connectivity index (χ0n) is 42.3. The molecule has 6 heteroatoms. The summed E-state index contributed by atoms with van der Waals surface area (Å²) in [5.74, 6) is -0.594. The van der Waals surface area contributed by atoms with Gasteiger partial charge in [0.25, 0.3) is 0 Å². The molecule has 0 fully saturated rings. The van der Waals surface area contributed by atoms with Crippen molar-refractivity contribution < 1.29 is 25.2 Å². The summed E-state index contributed by atoms with van der Waals surface area (Å²) in [5, 5.41) is 43.9. The van der Waals surface area contributed by atoms with E-state index in [0.717, 1.165) is 38.5 Å². The Labute approximate surface area is 393 Å². The number of aliphatic hydroxyl groups excluding tert-OH is 4. The summed E-state index contributed by atoms with van der Waals surface area (Å²) < 4.78 is 0. The molecule has 0 aromatic heterocycles. The third kappa shape index (κ3) is 45.7. The molecule has 1 amide bonds. The van der Waals surface area contributed by atoms with E-state index in [0.29, 0.717) is 19.3 Å². The van der Waals surface area contributed by atoms with Crippen LogP contribution in [0.15, 0.2) is 24.3 Å². The average molecular weight is 891 g/mol. The Morgan fingerprint density at radius 2 is 0.667 bits per heavy atom. The maximum absolute atomic E-state index is 12.5. The van der Waals surface area contributed by atoms with Gasteiger partial charge >= 0.3 is 0 Å². The van der Waals surface area contributed by atoms with Crippen molar-refractivity contribution in [1.82, 2.24) is 5.32 Å². The minimum atomic E-state index is -1.29. The van der Waals surface area contributed by atoms with E-state index in [1.807, 2.05) is 0 Å². The van der Waals surface area contributed by atoms with Crippen LogP contribution >= 0.6 is 0 Å². The average Bonchev–Trinajstić information content (AvgIpc) is 3.29. The van der Waals surface area contributed by atoms with Crippen LogP contribution in [0.5, 0.6) is 0 Å². The summed E-state index contributed by atoms with van der Waals surface area (Å²) in [4.78, 5) is 12.5. The van der Waals surface area contributed by atoms with E-state index in [1.54, 1.807) is 0 Å². The Balaban J connectivity index is 3.62. The molecule has 0 aromatic rings. The number of hydrogen-bond donors (Lipinski definition) is 5. The van der Waals surface area contributed by atoms with Gasteiger partial charge in [-0.25, -0.2) is 0 Å². The van der Waals surface area contributed by atoms with Gasteiger partial charge in [-0.1, -0.05) is 276 Å². The molecule has 6 nitrogen and oxygen atoms in total. The van der Waals surface area contributed by atoms with Gasteiger partial charge in [-0.15, -0.1) is 0 Å². The Morgan fingerprint density at radius 1 is 0.381 bits per heavy atom. The van der Waals surface area contributed by atoms with Crippen molar-refractivity contribution >= 4 is 5.91 Å². The van der Waals surface area contributed by atoms with E-state index in [4.69, 9.17) is 0 Å². The first-order chi connectivity index (χ1) is 31.0. The Hall–Kier alpha value is -1.21. The SMILES string of the molecule is CCCCCCCCCCCCCCCCCCCCCCCCC/C=C/CC/C=C/CCCC(O)C(O)C(CO)NC(=O)C(O)CCCCCCCCCCCCCCCCC. The minimum absolute atomic E-state index is 0.364. The minimum Gasteiger partial charge on any atom is -0.394 e. The number of amides is 1. The third-order valence-corrected chi connectivity index (χ3v) is 13.4. The summed E-state index contributed by atoms with van der Waals surface area (Å²) in [6.07, 6.45) is 62.6. The predicted molar refractivity (Wildman–Crippen MR) is 274 cm³/mol. The molecule has 0 spiro atoms. The molecule has 0 aliphatic rings. The van der Waals surface area contributed by atoms with E-state index in [9.17, 15) is 25.2 Å². The van der Waals surface area contributed by atoms with E-state index < -0.39 is 36.9 Å². The third-order valence-electron chi connectivity index (χ3n) is 13.4. The standard InChI is InChI=1S/C57H111NO5/c1-3-5-7-9-11-13-15-17-19-20-21-22-23-24-25-26-27-28-29-30-31-32-33-34-35-37-38-40-42-44-46-48-50-54(60)56(62)53(52-59)58-57(63)55(61)51-49-47-45-43-41-39-36-18-16-14-12-10-8-6-4-2/h35,37,42,44,53-56,59-62H,3-34,36,38-41,43,45-52H2,1-2H3,(H,58,63)/b37-35+,44-42+. The fourth-order valence-electron chi connectivity index (χ4n) is 8.95. The van der Waals surface area contributed by atoms with E-state index in [1.165, 1.54) is 231 Å². The lowest BCUT2D eigenvalue weighted by Gasteiger charge is -2.27. The maximum atomic E-state index is 12.5. The lowest BCUT2D eigenvalue weighted by atomic mass is 10.00. The molecule has 63 heavy (non-hydrogen) atoms. The number of allylic oxidation sites excluding steroid dienone is 4. The first kappa shape index (κ1) is 61.8. The normalized spacial score (nSPS) is 13.9.